The first-order valence-electron chi connectivity index (χ1n) is 9.57. The van der Waals surface area contributed by atoms with E-state index >= 15 is 0 Å². The second-order valence-electron chi connectivity index (χ2n) is 7.03. The lowest BCUT2D eigenvalue weighted by molar-refractivity contribution is -0.132. The van der Waals surface area contributed by atoms with E-state index in [1.165, 1.54) is 18.2 Å². The van der Waals surface area contributed by atoms with E-state index in [0.717, 1.165) is 37.3 Å². The first-order chi connectivity index (χ1) is 13.5. The summed E-state index contributed by atoms with van der Waals surface area (Å²) >= 11 is 0. The van der Waals surface area contributed by atoms with Gasteiger partial charge in [0.1, 0.15) is 16.8 Å². The lowest BCUT2D eigenvalue weighted by Gasteiger charge is -2.27. The van der Waals surface area contributed by atoms with E-state index in [4.69, 9.17) is 0 Å². The highest BCUT2D eigenvalue weighted by molar-refractivity contribution is 7.89. The highest BCUT2D eigenvalue weighted by Crippen LogP contribution is 2.17. The SMILES string of the molecule is O=C(C(Cc1ccccc1)NS(=O)(=O)c1ccccc1F)N1CCCCCC1. The number of halogens is 1. The maximum atomic E-state index is 14.1. The van der Waals surface area contributed by atoms with Crippen LogP contribution in [0.3, 0.4) is 0 Å². The van der Waals surface area contributed by atoms with E-state index in [-0.39, 0.29) is 12.3 Å². The van der Waals surface area contributed by atoms with Crippen LogP contribution < -0.4 is 4.72 Å². The monoisotopic (exact) mass is 404 g/mol. The fourth-order valence-electron chi connectivity index (χ4n) is 3.45. The predicted octanol–water partition coefficient (Wildman–Crippen LogP) is 3.12. The molecule has 0 saturated carbocycles. The van der Waals surface area contributed by atoms with Crippen molar-refractivity contribution in [3.05, 3.63) is 66.0 Å². The van der Waals surface area contributed by atoms with Crippen LogP contribution in [-0.2, 0) is 21.2 Å². The molecular weight excluding hydrogens is 379 g/mol. The maximum absolute atomic E-state index is 14.1. The van der Waals surface area contributed by atoms with Crippen molar-refractivity contribution >= 4 is 15.9 Å². The van der Waals surface area contributed by atoms with Crippen LogP contribution in [0.2, 0.25) is 0 Å². The van der Waals surface area contributed by atoms with Crippen molar-refractivity contribution < 1.29 is 17.6 Å². The number of nitrogens with zero attached hydrogens (tertiary/aromatic N) is 1. The lowest BCUT2D eigenvalue weighted by Crippen LogP contribution is -2.50. The summed E-state index contributed by atoms with van der Waals surface area (Å²) in [6.45, 7) is 1.23. The summed E-state index contributed by atoms with van der Waals surface area (Å²) in [6, 6.07) is 13.4. The van der Waals surface area contributed by atoms with Gasteiger partial charge in [0, 0.05) is 13.1 Å². The van der Waals surface area contributed by atoms with Gasteiger partial charge in [-0.15, -0.1) is 0 Å². The molecule has 2 aromatic carbocycles. The van der Waals surface area contributed by atoms with Crippen LogP contribution in [0.1, 0.15) is 31.2 Å². The van der Waals surface area contributed by atoms with Crippen molar-refractivity contribution in [1.29, 1.82) is 0 Å². The summed E-state index contributed by atoms with van der Waals surface area (Å²) in [4.78, 5) is 14.4. The van der Waals surface area contributed by atoms with Gasteiger partial charge in [-0.3, -0.25) is 4.79 Å². The van der Waals surface area contributed by atoms with Crippen molar-refractivity contribution in [3.8, 4) is 0 Å². The van der Waals surface area contributed by atoms with Crippen LogP contribution in [0.4, 0.5) is 4.39 Å². The highest BCUT2D eigenvalue weighted by atomic mass is 32.2. The summed E-state index contributed by atoms with van der Waals surface area (Å²) < 4.78 is 42.1. The van der Waals surface area contributed by atoms with Gasteiger partial charge in [-0.2, -0.15) is 4.72 Å². The Kier molecular flexibility index (Phi) is 6.80. The molecule has 0 aliphatic carbocycles. The van der Waals surface area contributed by atoms with Gasteiger partial charge in [0.2, 0.25) is 15.9 Å². The molecule has 2 aromatic rings. The van der Waals surface area contributed by atoms with Gasteiger partial charge in [0.05, 0.1) is 0 Å². The molecule has 0 bridgehead atoms. The number of nitrogens with one attached hydrogen (secondary N) is 1. The Bertz CT molecular complexity index is 895. The van der Waals surface area contributed by atoms with E-state index in [0.29, 0.717) is 13.1 Å². The molecule has 0 aromatic heterocycles. The summed E-state index contributed by atoms with van der Waals surface area (Å²) in [7, 11) is -4.18. The minimum atomic E-state index is -4.18. The molecule has 1 fully saturated rings. The third kappa shape index (κ3) is 5.17. The molecule has 5 nitrogen and oxygen atoms in total. The third-order valence-corrected chi connectivity index (χ3v) is 6.43. The predicted molar refractivity (Wildman–Crippen MR) is 106 cm³/mol. The molecule has 0 spiro atoms. The van der Waals surface area contributed by atoms with Gasteiger partial charge in [0.25, 0.3) is 0 Å². The number of benzene rings is 2. The number of carbonyl (C=O) groups excluding carboxylic acids is 1. The fourth-order valence-corrected chi connectivity index (χ4v) is 4.72. The Morgan fingerprint density at radius 3 is 2.21 bits per heavy atom. The number of rotatable bonds is 6. The Hall–Kier alpha value is -2.25. The van der Waals surface area contributed by atoms with Crippen molar-refractivity contribution in [2.24, 2.45) is 0 Å². The maximum Gasteiger partial charge on any atom is 0.244 e. The number of hydrogen-bond acceptors (Lipinski definition) is 3. The molecule has 1 aliphatic heterocycles. The van der Waals surface area contributed by atoms with E-state index < -0.39 is 26.8 Å². The number of amides is 1. The topological polar surface area (TPSA) is 66.5 Å². The fraction of sp³-hybridized carbons (Fsp3) is 0.381. The standard InChI is InChI=1S/C21H25FN2O3S/c22-18-12-6-7-13-20(18)28(26,27)23-19(16-17-10-4-3-5-11-17)21(25)24-14-8-1-2-9-15-24/h3-7,10-13,19,23H,1-2,8-9,14-16H2. The Morgan fingerprint density at radius 1 is 0.964 bits per heavy atom. The van der Waals surface area contributed by atoms with Crippen molar-refractivity contribution in [2.75, 3.05) is 13.1 Å². The van der Waals surface area contributed by atoms with Gasteiger partial charge in [-0.1, -0.05) is 55.3 Å². The quantitative estimate of drug-likeness (QED) is 0.805. The van der Waals surface area contributed by atoms with Gasteiger partial charge in [0.15, 0.2) is 0 Å². The van der Waals surface area contributed by atoms with E-state index in [9.17, 15) is 17.6 Å². The molecule has 7 heteroatoms. The average molecular weight is 405 g/mol. The lowest BCUT2D eigenvalue weighted by atomic mass is 10.1. The number of sulfonamides is 1. The van der Waals surface area contributed by atoms with Gasteiger partial charge in [-0.25, -0.2) is 12.8 Å². The largest absolute Gasteiger partial charge is 0.341 e. The minimum Gasteiger partial charge on any atom is -0.341 e. The van der Waals surface area contributed by atoms with Gasteiger partial charge in [-0.05, 0) is 37.0 Å². The van der Waals surface area contributed by atoms with E-state index in [1.54, 1.807) is 4.90 Å². The zero-order valence-electron chi connectivity index (χ0n) is 15.7. The van der Waals surface area contributed by atoms with Crippen LogP contribution in [-0.4, -0.2) is 38.4 Å². The molecule has 150 valence electrons. The van der Waals surface area contributed by atoms with Crippen LogP contribution in [0.15, 0.2) is 59.5 Å². The van der Waals surface area contributed by atoms with Gasteiger partial charge < -0.3 is 4.90 Å². The summed E-state index contributed by atoms with van der Waals surface area (Å²) in [5.41, 5.74) is 0.840. The zero-order valence-corrected chi connectivity index (χ0v) is 16.5. The molecule has 3 rings (SSSR count). The molecular formula is C21H25FN2O3S. The average Bonchev–Trinajstić information content (AvgIpc) is 2.97. The summed E-state index contributed by atoms with van der Waals surface area (Å²) in [5.74, 6) is -1.10. The molecule has 1 heterocycles. The smallest absolute Gasteiger partial charge is 0.244 e. The second-order valence-corrected chi connectivity index (χ2v) is 8.72. The Labute approximate surface area is 165 Å². The second kappa shape index (κ2) is 9.30. The first-order valence-corrected chi connectivity index (χ1v) is 11.1. The Morgan fingerprint density at radius 2 is 1.57 bits per heavy atom. The molecule has 1 aliphatic rings. The summed E-state index contributed by atoms with van der Waals surface area (Å²) in [6.07, 6.45) is 4.15. The Balaban J connectivity index is 1.87. The molecule has 0 radical (unpaired) electrons. The van der Waals surface area contributed by atoms with E-state index in [2.05, 4.69) is 4.72 Å². The molecule has 1 atom stereocenters. The zero-order chi connectivity index (χ0) is 20.0. The molecule has 1 amide bonds. The van der Waals surface area contributed by atoms with E-state index in [1.807, 2.05) is 30.3 Å². The first kappa shape index (κ1) is 20.5. The third-order valence-electron chi connectivity index (χ3n) is 4.92. The summed E-state index contributed by atoms with van der Waals surface area (Å²) in [5, 5.41) is 0. The number of carbonyl (C=O) groups is 1. The van der Waals surface area contributed by atoms with Crippen LogP contribution in [0.5, 0.6) is 0 Å². The minimum absolute atomic E-state index is 0.212. The van der Waals surface area contributed by atoms with Crippen LogP contribution >= 0.6 is 0 Å². The number of likely N-dealkylation sites (tertiary alicyclic amines) is 1. The highest BCUT2D eigenvalue weighted by Gasteiger charge is 2.31. The van der Waals surface area contributed by atoms with Gasteiger partial charge >= 0.3 is 0 Å². The van der Waals surface area contributed by atoms with Crippen molar-refractivity contribution in [1.82, 2.24) is 9.62 Å². The van der Waals surface area contributed by atoms with Crippen LogP contribution in [0, 0.1) is 5.82 Å². The number of hydrogen-bond donors (Lipinski definition) is 1. The molecule has 1 saturated heterocycles. The molecule has 28 heavy (non-hydrogen) atoms. The van der Waals surface area contributed by atoms with Crippen molar-refractivity contribution in [2.45, 2.75) is 43.0 Å². The molecule has 1 unspecified atom stereocenters. The molecule has 1 N–H and O–H groups in total. The normalized spacial score (nSPS) is 16.4. The van der Waals surface area contributed by atoms with Crippen LogP contribution in [0.25, 0.3) is 0 Å². The van der Waals surface area contributed by atoms with Crippen molar-refractivity contribution in [3.63, 3.8) is 0 Å².